The molecule has 0 fully saturated rings. The van der Waals surface area contributed by atoms with Crippen LogP contribution in [0.2, 0.25) is 0 Å². The third-order valence-electron chi connectivity index (χ3n) is 8.54. The Hall–Kier alpha value is -3.97. The number of benzene rings is 5. The van der Waals surface area contributed by atoms with E-state index in [1.165, 1.54) is 46.4 Å². The van der Waals surface area contributed by atoms with Crippen LogP contribution < -0.4 is 0 Å². The Bertz CT molecular complexity index is 2320. The van der Waals surface area contributed by atoms with Gasteiger partial charge in [0, 0.05) is 32.1 Å². The molecule has 0 aliphatic heterocycles. The second-order valence-corrected chi connectivity index (χ2v) is 22.7. The minimum absolute atomic E-state index is 0. The molecule has 0 saturated heterocycles. The lowest BCUT2D eigenvalue weighted by atomic mass is 10.1. The van der Waals surface area contributed by atoms with Crippen LogP contribution in [0.3, 0.4) is 0 Å². The molecule has 1 N–H and O–H groups in total. The number of thiocarbonyl (C=S) groups is 4. The second-order valence-electron chi connectivity index (χ2n) is 14.1. The number of hydrogen-bond donors (Lipinski definition) is 1. The van der Waals surface area contributed by atoms with E-state index in [0.29, 0.717) is 32.2 Å². The fourth-order valence-corrected chi connectivity index (χ4v) is 10.4. The van der Waals surface area contributed by atoms with Gasteiger partial charge < -0.3 is 24.1 Å². The van der Waals surface area contributed by atoms with Gasteiger partial charge in [-0.15, -0.1) is 47.0 Å². The largest absolute Gasteiger partial charge is 0.481 e. The van der Waals surface area contributed by atoms with E-state index in [4.69, 9.17) is 72.9 Å². The molecule has 0 aliphatic rings. The number of nitrogens with zero attached hydrogens (tertiary/aromatic N) is 1. The number of rotatable bonds is 21. The van der Waals surface area contributed by atoms with Gasteiger partial charge in [0.05, 0.1) is 43.4 Å². The average molecular weight is 1170 g/mol. The Kier molecular flexibility index (Phi) is 46.5. The van der Waals surface area contributed by atoms with E-state index in [0.717, 1.165) is 31.7 Å². The third-order valence-corrected chi connectivity index (χ3v) is 16.0. The number of carbonyl (C=O) groups excluding carboxylic acids is 2. The molecule has 5 aromatic rings. The van der Waals surface area contributed by atoms with Crippen molar-refractivity contribution in [2.24, 2.45) is 0 Å². The number of ether oxygens (including phenoxy) is 4. The van der Waals surface area contributed by atoms with Gasteiger partial charge in [0.15, 0.2) is 0 Å². The predicted octanol–water partition coefficient (Wildman–Crippen LogP) is 15.5. The highest BCUT2D eigenvalue weighted by Gasteiger charge is 2.28. The molecular formula is C56H71NO8S9. The highest BCUT2D eigenvalue weighted by atomic mass is 32.2. The first-order valence-electron chi connectivity index (χ1n) is 21.3. The minimum atomic E-state index is -0.844. The molecule has 18 heteroatoms. The molecule has 0 aliphatic carbocycles. The molecule has 9 nitrogen and oxygen atoms in total. The van der Waals surface area contributed by atoms with E-state index in [-0.39, 0.29) is 72.8 Å². The lowest BCUT2D eigenvalue weighted by Crippen LogP contribution is -2.22. The maximum absolute atomic E-state index is 11.6. The predicted molar refractivity (Wildman–Crippen MR) is 338 cm³/mol. The SMILES string of the molecule is C.C.C.C.COCCOC(=O)CCC(C)(C#N)SC(=S)c1ccccc1.COCCOC(=O)CSC(=S)c1ccccc1.O=C(O)CSC(=S)c1ccccc1.S=C(SCc1ccccc1)SCc1ccccc1. The molecule has 0 amide bonds. The Labute approximate surface area is 484 Å². The van der Waals surface area contributed by atoms with Gasteiger partial charge in [-0.1, -0.05) is 242 Å². The summed E-state index contributed by atoms with van der Waals surface area (Å²) in [5, 5.41) is 17.8. The van der Waals surface area contributed by atoms with Gasteiger partial charge in [0.25, 0.3) is 0 Å². The molecular weight excluding hydrogens is 1100 g/mol. The molecule has 0 spiro atoms. The summed E-state index contributed by atoms with van der Waals surface area (Å²) in [4.78, 5) is 33.2. The Balaban J connectivity index is -0.000000904. The van der Waals surface area contributed by atoms with E-state index in [2.05, 4.69) is 54.6 Å². The van der Waals surface area contributed by atoms with Crippen molar-refractivity contribution in [2.75, 3.05) is 52.2 Å². The molecule has 1 atom stereocenters. The number of hydrogen-bond acceptors (Lipinski definition) is 17. The summed E-state index contributed by atoms with van der Waals surface area (Å²) in [6.45, 7) is 3.09. The number of nitriles is 1. The Morgan fingerprint density at radius 1 is 0.527 bits per heavy atom. The molecule has 0 bridgehead atoms. The Morgan fingerprint density at radius 2 is 0.878 bits per heavy atom. The quantitative estimate of drug-likeness (QED) is 0.0424. The summed E-state index contributed by atoms with van der Waals surface area (Å²) in [7, 11) is 3.11. The zero-order valence-corrected chi connectivity index (χ0v) is 46.3. The van der Waals surface area contributed by atoms with Gasteiger partial charge in [-0.05, 0) is 41.2 Å². The molecule has 0 heterocycles. The summed E-state index contributed by atoms with van der Waals surface area (Å²) in [6.07, 6.45) is 0.561. The van der Waals surface area contributed by atoms with E-state index in [9.17, 15) is 19.6 Å². The third kappa shape index (κ3) is 36.1. The smallest absolute Gasteiger partial charge is 0.316 e. The van der Waals surface area contributed by atoms with Gasteiger partial charge in [-0.25, -0.2) is 0 Å². The van der Waals surface area contributed by atoms with Crippen molar-refractivity contribution in [2.45, 2.75) is 65.7 Å². The zero-order valence-electron chi connectivity index (χ0n) is 38.9. The maximum atomic E-state index is 11.6. The van der Waals surface area contributed by atoms with Gasteiger partial charge >= 0.3 is 17.9 Å². The van der Waals surface area contributed by atoms with Crippen molar-refractivity contribution in [3.8, 4) is 6.07 Å². The molecule has 402 valence electrons. The number of methoxy groups -OCH3 is 2. The van der Waals surface area contributed by atoms with Crippen molar-refractivity contribution >= 4 is 142 Å². The fraction of sp³-hybridized carbons (Fsp3) is 0.321. The zero-order chi connectivity index (χ0) is 51.2. The van der Waals surface area contributed by atoms with Crippen molar-refractivity contribution in [3.05, 3.63) is 179 Å². The topological polar surface area (TPSA) is 132 Å². The summed E-state index contributed by atoms with van der Waals surface area (Å²) >= 11 is 28.3. The summed E-state index contributed by atoms with van der Waals surface area (Å²) in [5.41, 5.74) is 5.42. The van der Waals surface area contributed by atoms with Crippen LogP contribution in [0, 0.1) is 11.3 Å². The summed E-state index contributed by atoms with van der Waals surface area (Å²) in [5.74, 6) is 0.729. The number of carboxylic acid groups (broad SMARTS) is 1. The van der Waals surface area contributed by atoms with Crippen molar-refractivity contribution in [3.63, 3.8) is 0 Å². The van der Waals surface area contributed by atoms with Gasteiger partial charge in [-0.3, -0.25) is 14.4 Å². The first-order valence-corrected chi connectivity index (χ1v) is 27.7. The lowest BCUT2D eigenvalue weighted by molar-refractivity contribution is -0.145. The molecule has 5 rings (SSSR count). The molecule has 74 heavy (non-hydrogen) atoms. The molecule has 1 unspecified atom stereocenters. The van der Waals surface area contributed by atoms with Crippen LogP contribution in [0.5, 0.6) is 0 Å². The highest BCUT2D eigenvalue weighted by molar-refractivity contribution is 8.46. The number of esters is 2. The second kappa shape index (κ2) is 46.3. The van der Waals surface area contributed by atoms with Gasteiger partial charge in [0.2, 0.25) is 0 Å². The molecule has 0 radical (unpaired) electrons. The van der Waals surface area contributed by atoms with Crippen molar-refractivity contribution in [1.29, 1.82) is 5.26 Å². The van der Waals surface area contributed by atoms with Crippen molar-refractivity contribution < 1.29 is 38.4 Å². The highest BCUT2D eigenvalue weighted by Crippen LogP contribution is 2.33. The van der Waals surface area contributed by atoms with E-state index in [1.54, 1.807) is 44.7 Å². The van der Waals surface area contributed by atoms with Crippen LogP contribution in [-0.4, -0.2) is 96.0 Å². The number of carbonyl (C=O) groups is 3. The van der Waals surface area contributed by atoms with Crippen LogP contribution in [0.4, 0.5) is 0 Å². The average Bonchev–Trinajstić information content (AvgIpc) is 3.39. The summed E-state index contributed by atoms with van der Waals surface area (Å²) in [6, 6.07) is 51.7. The monoisotopic (exact) mass is 1170 g/mol. The maximum Gasteiger partial charge on any atom is 0.316 e. The van der Waals surface area contributed by atoms with Crippen molar-refractivity contribution in [1.82, 2.24) is 0 Å². The van der Waals surface area contributed by atoms with E-state index < -0.39 is 10.7 Å². The van der Waals surface area contributed by atoms with E-state index in [1.807, 2.05) is 103 Å². The van der Waals surface area contributed by atoms with Crippen LogP contribution >= 0.6 is 108 Å². The van der Waals surface area contributed by atoms with Crippen LogP contribution in [0.1, 0.15) is 77.3 Å². The standard InChI is InChI=1S/C16H19NO3S2.C15H14S3.C12H14O3S2.C9H8O2S2.4CH4/c1-16(12-17,9-8-14(18)20-11-10-19-2)22-15(21)13-6-4-3-5-7-13;16-15(17-11-13-7-3-1-4-8-13)18-12-14-9-5-2-6-10-14;1-14-7-8-15-11(13)9-17-12(16)10-5-3-2-4-6-10;10-8(11)6-13-9(12)7-4-2-1-3-5-7;;;;/h3-7H,8-11H2,1-2H3;1-10H,11-12H2;2-6H,7-9H2,1H3;1-5H,6H2,(H,10,11);4*1H4. The summed E-state index contributed by atoms with van der Waals surface area (Å²) < 4.78 is 21.7. The fourth-order valence-electron chi connectivity index (χ4n) is 4.94. The lowest BCUT2D eigenvalue weighted by Gasteiger charge is -2.20. The number of carboxylic acids is 1. The van der Waals surface area contributed by atoms with Gasteiger partial charge in [0.1, 0.15) is 21.5 Å². The number of thioether (sulfide) groups is 5. The molecule has 0 saturated carbocycles. The first-order chi connectivity index (χ1) is 33.8. The molecule has 5 aromatic carbocycles. The van der Waals surface area contributed by atoms with E-state index >= 15 is 0 Å². The normalized spacial score (nSPS) is 10.3. The number of aliphatic carboxylic acids is 1. The minimum Gasteiger partial charge on any atom is -0.481 e. The molecule has 0 aromatic heterocycles. The van der Waals surface area contributed by atoms with Gasteiger partial charge in [-0.2, -0.15) is 5.26 Å². The Morgan fingerprint density at radius 3 is 1.24 bits per heavy atom. The van der Waals surface area contributed by atoms with Crippen LogP contribution in [0.25, 0.3) is 0 Å². The van der Waals surface area contributed by atoms with Crippen LogP contribution in [-0.2, 0) is 44.8 Å². The first kappa shape index (κ1) is 74.3. The van der Waals surface area contributed by atoms with Crippen LogP contribution in [0.15, 0.2) is 152 Å².